The van der Waals surface area contributed by atoms with Crippen LogP contribution in [-0.2, 0) is 20.7 Å². The molecule has 0 bridgehead atoms. The molecule has 7 heteroatoms. The van der Waals surface area contributed by atoms with Crippen molar-refractivity contribution in [2.45, 2.75) is 39.1 Å². The highest BCUT2D eigenvalue weighted by Crippen LogP contribution is 2.29. The Hall–Kier alpha value is -2.38. The summed E-state index contributed by atoms with van der Waals surface area (Å²) in [5, 5.41) is 10.0. The van der Waals surface area contributed by atoms with E-state index in [2.05, 4.69) is 0 Å². The summed E-state index contributed by atoms with van der Waals surface area (Å²) in [6, 6.07) is 6.64. The van der Waals surface area contributed by atoms with E-state index >= 15 is 0 Å². The van der Waals surface area contributed by atoms with Crippen molar-refractivity contribution in [2.24, 2.45) is 5.73 Å². The number of hydrogen-bond acceptors (Lipinski definition) is 6. The van der Waals surface area contributed by atoms with Crippen LogP contribution in [-0.4, -0.2) is 59.9 Å². The predicted octanol–water partition coefficient (Wildman–Crippen LogP) is 0.920. The van der Waals surface area contributed by atoms with Gasteiger partial charge in [0.05, 0.1) is 12.2 Å². The fourth-order valence-corrected chi connectivity index (χ4v) is 2.83. The third-order valence-electron chi connectivity index (χ3n) is 4.57. The molecule has 1 aliphatic rings. The second-order valence-corrected chi connectivity index (χ2v) is 6.51. The number of ether oxygens (including phenoxy) is 1. The molecule has 0 saturated heterocycles. The minimum atomic E-state index is -0.974. The number of carbonyl (C=O) groups excluding carboxylic acids is 2. The fourth-order valence-electron chi connectivity index (χ4n) is 2.83. The van der Waals surface area contributed by atoms with E-state index in [1.807, 2.05) is 31.2 Å². The number of allylic oxidation sites excluding steroid dienone is 1. The van der Waals surface area contributed by atoms with E-state index in [0.29, 0.717) is 24.3 Å². The summed E-state index contributed by atoms with van der Waals surface area (Å²) < 4.78 is 5.06. The molecule has 1 aromatic carbocycles. The summed E-state index contributed by atoms with van der Waals surface area (Å²) in [4.78, 5) is 27.3. The third-order valence-corrected chi connectivity index (χ3v) is 4.57. The van der Waals surface area contributed by atoms with Crippen molar-refractivity contribution in [3.63, 3.8) is 0 Å². The van der Waals surface area contributed by atoms with Gasteiger partial charge in [0.2, 0.25) is 6.35 Å². The van der Waals surface area contributed by atoms with Crippen molar-refractivity contribution in [2.75, 3.05) is 20.7 Å². The van der Waals surface area contributed by atoms with Crippen LogP contribution in [0.15, 0.2) is 30.0 Å². The number of amides is 1. The Morgan fingerprint density at radius 2 is 1.88 bits per heavy atom. The van der Waals surface area contributed by atoms with E-state index < -0.39 is 18.4 Å². The van der Waals surface area contributed by atoms with Gasteiger partial charge in [-0.1, -0.05) is 31.2 Å². The lowest BCUT2D eigenvalue weighted by atomic mass is 9.97. The summed E-state index contributed by atoms with van der Waals surface area (Å²) in [7, 11) is 3.30. The number of nitrogens with two attached hydrogens (primary N) is 1. The maximum absolute atomic E-state index is 12.5. The molecule has 0 radical (unpaired) electrons. The first-order valence-electron chi connectivity index (χ1n) is 8.68. The van der Waals surface area contributed by atoms with Gasteiger partial charge in [-0.3, -0.25) is 14.5 Å². The van der Waals surface area contributed by atoms with Crippen LogP contribution in [0.4, 0.5) is 0 Å². The zero-order valence-corrected chi connectivity index (χ0v) is 15.7. The topological polar surface area (TPSA) is 96.1 Å². The molecule has 1 heterocycles. The highest BCUT2D eigenvalue weighted by Gasteiger charge is 2.33. The first-order valence-corrected chi connectivity index (χ1v) is 8.68. The molecule has 2 rings (SSSR count). The lowest BCUT2D eigenvalue weighted by molar-refractivity contribution is -0.146. The molecule has 1 unspecified atom stereocenters. The average molecular weight is 361 g/mol. The lowest BCUT2D eigenvalue weighted by Gasteiger charge is -2.39. The Morgan fingerprint density at radius 3 is 2.46 bits per heavy atom. The Kier molecular flexibility index (Phi) is 6.39. The van der Waals surface area contributed by atoms with Crippen molar-refractivity contribution in [3.8, 4) is 0 Å². The van der Waals surface area contributed by atoms with E-state index in [0.717, 1.165) is 17.5 Å². The Balaban J connectivity index is 2.16. The molecule has 0 saturated carbocycles. The van der Waals surface area contributed by atoms with E-state index in [4.69, 9.17) is 10.5 Å². The number of benzene rings is 1. The van der Waals surface area contributed by atoms with E-state index in [1.54, 1.807) is 25.9 Å². The number of likely N-dealkylation sites (N-methyl/N-ethyl adjacent to an activating group) is 1. The molecular formula is C19H27N3O4. The second-order valence-electron chi connectivity index (χ2n) is 6.51. The van der Waals surface area contributed by atoms with Crippen LogP contribution < -0.4 is 5.73 Å². The lowest BCUT2D eigenvalue weighted by Crippen LogP contribution is -2.51. The number of esters is 1. The van der Waals surface area contributed by atoms with Crippen LogP contribution in [0, 0.1) is 0 Å². The number of rotatable bonds is 6. The molecule has 0 aliphatic carbocycles. The SMILES string of the molecule is CCCOC(=O)[C@@H](N)Cc1ccc(C2=C(C)N(C)C(O)N(C)C2=O)cc1. The van der Waals surface area contributed by atoms with Gasteiger partial charge in [0.25, 0.3) is 5.91 Å². The molecule has 7 nitrogen and oxygen atoms in total. The van der Waals surface area contributed by atoms with Crippen LogP contribution in [0.3, 0.4) is 0 Å². The molecule has 0 aromatic heterocycles. The minimum absolute atomic E-state index is 0.235. The van der Waals surface area contributed by atoms with Gasteiger partial charge in [0.15, 0.2) is 0 Å². The van der Waals surface area contributed by atoms with Crippen LogP contribution in [0.25, 0.3) is 5.57 Å². The highest BCUT2D eigenvalue weighted by atomic mass is 16.5. The van der Waals surface area contributed by atoms with Gasteiger partial charge in [-0.2, -0.15) is 0 Å². The Morgan fingerprint density at radius 1 is 1.27 bits per heavy atom. The standard InChI is InChI=1S/C19H27N3O4/c1-5-10-26-18(24)15(20)11-13-6-8-14(9-7-13)16-12(2)21(3)19(25)22(4)17(16)23/h6-9,15,19,25H,5,10-11,20H2,1-4H3/t15-,19?/m0/s1. The summed E-state index contributed by atoms with van der Waals surface area (Å²) in [5.74, 6) is -0.644. The number of aliphatic hydroxyl groups excluding tert-OH is 1. The first kappa shape index (κ1) is 19.9. The maximum atomic E-state index is 12.5. The zero-order valence-electron chi connectivity index (χ0n) is 15.7. The number of carbonyl (C=O) groups is 2. The quantitative estimate of drug-likeness (QED) is 0.732. The molecule has 2 atom stereocenters. The van der Waals surface area contributed by atoms with Crippen LogP contribution in [0.1, 0.15) is 31.4 Å². The van der Waals surface area contributed by atoms with E-state index in [9.17, 15) is 14.7 Å². The molecule has 142 valence electrons. The number of hydrogen-bond donors (Lipinski definition) is 2. The van der Waals surface area contributed by atoms with Gasteiger partial charge in [0.1, 0.15) is 6.04 Å². The van der Waals surface area contributed by atoms with Crippen LogP contribution in [0.2, 0.25) is 0 Å². The molecule has 0 fully saturated rings. The van der Waals surface area contributed by atoms with Gasteiger partial charge in [-0.15, -0.1) is 0 Å². The van der Waals surface area contributed by atoms with Crippen molar-refractivity contribution in [1.29, 1.82) is 0 Å². The normalized spacial score (nSPS) is 19.0. The summed E-state index contributed by atoms with van der Waals surface area (Å²) >= 11 is 0. The van der Waals surface area contributed by atoms with Crippen LogP contribution in [0.5, 0.6) is 0 Å². The summed E-state index contributed by atoms with van der Waals surface area (Å²) in [6.07, 6.45) is 0.151. The molecular weight excluding hydrogens is 334 g/mol. The van der Waals surface area contributed by atoms with Crippen molar-refractivity contribution < 1.29 is 19.4 Å². The van der Waals surface area contributed by atoms with E-state index in [1.165, 1.54) is 4.90 Å². The largest absolute Gasteiger partial charge is 0.465 e. The second kappa shape index (κ2) is 8.33. The molecule has 1 aromatic rings. The van der Waals surface area contributed by atoms with Crippen LogP contribution >= 0.6 is 0 Å². The Labute approximate surface area is 154 Å². The van der Waals surface area contributed by atoms with Gasteiger partial charge in [0, 0.05) is 19.8 Å². The average Bonchev–Trinajstić information content (AvgIpc) is 2.64. The monoisotopic (exact) mass is 361 g/mol. The van der Waals surface area contributed by atoms with Crippen molar-refractivity contribution >= 4 is 17.4 Å². The van der Waals surface area contributed by atoms with E-state index in [-0.39, 0.29) is 5.91 Å². The van der Waals surface area contributed by atoms with Crippen molar-refractivity contribution in [3.05, 3.63) is 41.1 Å². The summed E-state index contributed by atoms with van der Waals surface area (Å²) in [5.41, 5.74) is 8.77. The van der Waals surface area contributed by atoms with Crippen molar-refractivity contribution in [1.82, 2.24) is 9.80 Å². The van der Waals surface area contributed by atoms with Gasteiger partial charge < -0.3 is 20.5 Å². The van der Waals surface area contributed by atoms with Gasteiger partial charge >= 0.3 is 5.97 Å². The molecule has 1 amide bonds. The maximum Gasteiger partial charge on any atom is 0.323 e. The smallest absolute Gasteiger partial charge is 0.323 e. The molecule has 0 spiro atoms. The Bertz CT molecular complexity index is 699. The summed E-state index contributed by atoms with van der Waals surface area (Å²) in [6.45, 7) is 4.10. The van der Waals surface area contributed by atoms with Gasteiger partial charge in [-0.25, -0.2) is 0 Å². The predicted molar refractivity (Wildman–Crippen MR) is 98.5 cm³/mol. The van der Waals surface area contributed by atoms with Gasteiger partial charge in [-0.05, 0) is 30.9 Å². The zero-order chi connectivity index (χ0) is 19.4. The number of nitrogens with zero attached hydrogens (tertiary/aromatic N) is 2. The first-order chi connectivity index (χ1) is 12.3. The highest BCUT2D eigenvalue weighted by molar-refractivity contribution is 6.20. The molecule has 3 N–H and O–H groups in total. The fraction of sp³-hybridized carbons (Fsp3) is 0.474. The molecule has 26 heavy (non-hydrogen) atoms. The minimum Gasteiger partial charge on any atom is -0.465 e. The third kappa shape index (κ3) is 4.05. The molecule has 1 aliphatic heterocycles. The number of aliphatic hydroxyl groups is 1.